The highest BCUT2D eigenvalue weighted by molar-refractivity contribution is 7.91. The van der Waals surface area contributed by atoms with Crippen LogP contribution in [0.25, 0.3) is 0 Å². The van der Waals surface area contributed by atoms with E-state index in [2.05, 4.69) is 15.2 Å². The van der Waals surface area contributed by atoms with E-state index >= 15 is 0 Å². The molecule has 0 saturated carbocycles. The second kappa shape index (κ2) is 6.69. The van der Waals surface area contributed by atoms with Gasteiger partial charge in [0, 0.05) is 23.5 Å². The van der Waals surface area contributed by atoms with Crippen molar-refractivity contribution in [2.45, 2.75) is 38.1 Å². The molecule has 0 bridgehead atoms. The summed E-state index contributed by atoms with van der Waals surface area (Å²) in [6.07, 6.45) is 0. The summed E-state index contributed by atoms with van der Waals surface area (Å²) in [5, 5.41) is 6.99. The molecule has 21 heavy (non-hydrogen) atoms. The van der Waals surface area contributed by atoms with Gasteiger partial charge in [-0.15, -0.1) is 11.3 Å². The Kier molecular flexibility index (Phi) is 5.15. The molecular formula is C13H19N3O3S2. The maximum absolute atomic E-state index is 12.3. The summed E-state index contributed by atoms with van der Waals surface area (Å²) in [6.45, 7) is 7.29. The standard InChI is InChI=1S/C13H19N3O3S2/c1-4-14-7-11-5-6-13(20-11)21(17,18)15-8-12-9(2)16-19-10(12)3/h5-6,14-15H,4,7-8H2,1-3H3. The van der Waals surface area contributed by atoms with E-state index in [1.54, 1.807) is 19.9 Å². The maximum Gasteiger partial charge on any atom is 0.250 e. The molecule has 6 nitrogen and oxygen atoms in total. The number of nitrogens with zero attached hydrogens (tertiary/aromatic N) is 1. The molecule has 2 aromatic heterocycles. The van der Waals surface area contributed by atoms with Crippen LogP contribution in [0.2, 0.25) is 0 Å². The van der Waals surface area contributed by atoms with E-state index in [1.165, 1.54) is 11.3 Å². The van der Waals surface area contributed by atoms with Gasteiger partial charge in [0.15, 0.2) is 0 Å². The van der Waals surface area contributed by atoms with Crippen LogP contribution >= 0.6 is 11.3 Å². The lowest BCUT2D eigenvalue weighted by molar-refractivity contribution is 0.392. The average Bonchev–Trinajstić information content (AvgIpc) is 3.03. The molecule has 0 atom stereocenters. The van der Waals surface area contributed by atoms with E-state index in [0.717, 1.165) is 17.0 Å². The second-order valence-electron chi connectivity index (χ2n) is 4.63. The van der Waals surface area contributed by atoms with Crippen molar-refractivity contribution in [3.63, 3.8) is 0 Å². The van der Waals surface area contributed by atoms with Crippen LogP contribution in [-0.2, 0) is 23.1 Å². The molecule has 0 aliphatic heterocycles. The fourth-order valence-electron chi connectivity index (χ4n) is 1.84. The zero-order valence-corrected chi connectivity index (χ0v) is 13.9. The molecule has 0 spiro atoms. The lowest BCUT2D eigenvalue weighted by Crippen LogP contribution is -2.22. The highest BCUT2D eigenvalue weighted by Gasteiger charge is 2.18. The summed E-state index contributed by atoms with van der Waals surface area (Å²) in [5.74, 6) is 0.634. The predicted octanol–water partition coefficient (Wildman–Crippen LogP) is 1.94. The topological polar surface area (TPSA) is 84.2 Å². The van der Waals surface area contributed by atoms with E-state index in [4.69, 9.17) is 4.52 Å². The monoisotopic (exact) mass is 329 g/mol. The fraction of sp³-hybridized carbons (Fsp3) is 0.462. The van der Waals surface area contributed by atoms with Gasteiger partial charge >= 0.3 is 0 Å². The highest BCUT2D eigenvalue weighted by atomic mass is 32.2. The molecular weight excluding hydrogens is 310 g/mol. The van der Waals surface area contributed by atoms with Crippen LogP contribution in [-0.4, -0.2) is 20.1 Å². The van der Waals surface area contributed by atoms with Crippen molar-refractivity contribution in [3.8, 4) is 0 Å². The molecule has 2 N–H and O–H groups in total. The molecule has 116 valence electrons. The molecule has 8 heteroatoms. The third-order valence-corrected chi connectivity index (χ3v) is 6.05. The summed E-state index contributed by atoms with van der Waals surface area (Å²) in [4.78, 5) is 0.995. The van der Waals surface area contributed by atoms with Crippen molar-refractivity contribution in [3.05, 3.63) is 34.0 Å². The number of sulfonamides is 1. The lowest BCUT2D eigenvalue weighted by Gasteiger charge is -2.04. The fourth-order valence-corrected chi connectivity index (χ4v) is 4.20. The third kappa shape index (κ3) is 3.91. The minimum atomic E-state index is -3.50. The third-order valence-electron chi connectivity index (χ3n) is 3.07. The van der Waals surface area contributed by atoms with Gasteiger partial charge in [-0.1, -0.05) is 12.1 Å². The van der Waals surface area contributed by atoms with E-state index in [-0.39, 0.29) is 6.54 Å². The highest BCUT2D eigenvalue weighted by Crippen LogP contribution is 2.22. The van der Waals surface area contributed by atoms with E-state index in [9.17, 15) is 8.42 Å². The van der Waals surface area contributed by atoms with Gasteiger partial charge in [0.25, 0.3) is 0 Å². The first-order valence-electron chi connectivity index (χ1n) is 6.65. The maximum atomic E-state index is 12.3. The number of aromatic nitrogens is 1. The van der Waals surface area contributed by atoms with Crippen LogP contribution in [0, 0.1) is 13.8 Å². The van der Waals surface area contributed by atoms with Gasteiger partial charge in [-0.25, -0.2) is 13.1 Å². The van der Waals surface area contributed by atoms with Crippen molar-refractivity contribution >= 4 is 21.4 Å². The molecule has 2 heterocycles. The molecule has 2 aromatic rings. The van der Waals surface area contributed by atoms with Crippen LogP contribution in [0.3, 0.4) is 0 Å². The van der Waals surface area contributed by atoms with Crippen LogP contribution in [0.1, 0.15) is 28.8 Å². The summed E-state index contributed by atoms with van der Waals surface area (Å²) >= 11 is 1.27. The number of aryl methyl sites for hydroxylation is 2. The van der Waals surface area contributed by atoms with Gasteiger partial charge < -0.3 is 9.84 Å². The van der Waals surface area contributed by atoms with Crippen molar-refractivity contribution in [1.82, 2.24) is 15.2 Å². The van der Waals surface area contributed by atoms with Gasteiger partial charge in [0.05, 0.1) is 5.69 Å². The first-order chi connectivity index (χ1) is 9.94. The Bertz CT molecular complexity index is 685. The Hall–Kier alpha value is -1.22. The zero-order chi connectivity index (χ0) is 15.5. The van der Waals surface area contributed by atoms with Gasteiger partial charge in [-0.3, -0.25) is 0 Å². The van der Waals surface area contributed by atoms with Crippen molar-refractivity contribution < 1.29 is 12.9 Å². The summed E-state index contributed by atoms with van der Waals surface area (Å²) in [5.41, 5.74) is 1.48. The SMILES string of the molecule is CCNCc1ccc(S(=O)(=O)NCc2c(C)noc2C)s1. The van der Waals surface area contributed by atoms with Crippen molar-refractivity contribution in [2.24, 2.45) is 0 Å². The molecule has 0 fully saturated rings. The number of hydrogen-bond acceptors (Lipinski definition) is 6. The average molecular weight is 329 g/mol. The molecule has 0 aliphatic carbocycles. The normalized spacial score (nSPS) is 12.0. The first-order valence-corrected chi connectivity index (χ1v) is 8.95. The minimum absolute atomic E-state index is 0.184. The van der Waals surface area contributed by atoms with Gasteiger partial charge in [0.2, 0.25) is 10.0 Å². The lowest BCUT2D eigenvalue weighted by atomic mass is 10.2. The Morgan fingerprint density at radius 1 is 1.29 bits per heavy atom. The van der Waals surface area contributed by atoms with E-state index < -0.39 is 10.0 Å². The van der Waals surface area contributed by atoms with Gasteiger partial charge in [-0.2, -0.15) is 0 Å². The number of hydrogen-bond donors (Lipinski definition) is 2. The molecule has 0 aromatic carbocycles. The number of nitrogens with one attached hydrogen (secondary N) is 2. The molecule has 0 radical (unpaired) electrons. The first kappa shape index (κ1) is 16.2. The van der Waals surface area contributed by atoms with E-state index in [0.29, 0.717) is 22.2 Å². The largest absolute Gasteiger partial charge is 0.361 e. The second-order valence-corrected chi connectivity index (χ2v) is 7.79. The minimum Gasteiger partial charge on any atom is -0.361 e. The van der Waals surface area contributed by atoms with Crippen LogP contribution in [0.5, 0.6) is 0 Å². The quantitative estimate of drug-likeness (QED) is 0.811. The zero-order valence-electron chi connectivity index (χ0n) is 12.3. The molecule has 0 unspecified atom stereocenters. The number of thiophene rings is 1. The Morgan fingerprint density at radius 2 is 2.05 bits per heavy atom. The summed E-state index contributed by atoms with van der Waals surface area (Å²) in [6, 6.07) is 3.46. The molecule has 0 saturated heterocycles. The Labute approximate surface area is 128 Å². The van der Waals surface area contributed by atoms with Crippen LogP contribution < -0.4 is 10.0 Å². The molecule has 0 aliphatic rings. The summed E-state index contributed by atoms with van der Waals surface area (Å²) in [7, 11) is -3.50. The number of rotatable bonds is 7. The van der Waals surface area contributed by atoms with Crippen LogP contribution in [0.15, 0.2) is 20.9 Å². The summed E-state index contributed by atoms with van der Waals surface area (Å²) < 4.78 is 32.5. The molecule has 2 rings (SSSR count). The van der Waals surface area contributed by atoms with Crippen LogP contribution in [0.4, 0.5) is 0 Å². The smallest absolute Gasteiger partial charge is 0.250 e. The van der Waals surface area contributed by atoms with Gasteiger partial charge in [-0.05, 0) is 32.5 Å². The predicted molar refractivity (Wildman–Crippen MR) is 81.7 cm³/mol. The van der Waals surface area contributed by atoms with Gasteiger partial charge in [0.1, 0.15) is 9.97 Å². The Balaban J connectivity index is 2.06. The van der Waals surface area contributed by atoms with E-state index in [1.807, 2.05) is 13.0 Å². The van der Waals surface area contributed by atoms with Crippen molar-refractivity contribution in [1.29, 1.82) is 0 Å². The Morgan fingerprint density at radius 3 is 2.67 bits per heavy atom. The van der Waals surface area contributed by atoms with Crippen molar-refractivity contribution in [2.75, 3.05) is 6.54 Å². The molecule has 0 amide bonds.